The van der Waals surface area contributed by atoms with E-state index in [0.29, 0.717) is 0 Å². The molecule has 1 heteroatoms. The predicted molar refractivity (Wildman–Crippen MR) is 182 cm³/mol. The molecule has 0 N–H and O–H groups in total. The van der Waals surface area contributed by atoms with E-state index in [1.54, 1.807) is 0 Å². The lowest BCUT2D eigenvalue weighted by atomic mass is 9.79. The molecule has 0 spiro atoms. The zero-order valence-corrected chi connectivity index (χ0v) is 25.2. The van der Waals surface area contributed by atoms with Crippen LogP contribution < -0.4 is 4.90 Å². The third-order valence-electron chi connectivity index (χ3n) is 9.86. The molecule has 0 heterocycles. The van der Waals surface area contributed by atoms with E-state index in [2.05, 4.69) is 172 Å². The molecule has 0 saturated carbocycles. The van der Waals surface area contributed by atoms with Crippen LogP contribution in [0.2, 0.25) is 0 Å². The van der Waals surface area contributed by atoms with E-state index in [9.17, 15) is 0 Å². The van der Waals surface area contributed by atoms with E-state index in [-0.39, 0.29) is 10.8 Å². The van der Waals surface area contributed by atoms with Crippen LogP contribution in [0.5, 0.6) is 0 Å². The summed E-state index contributed by atoms with van der Waals surface area (Å²) in [6.07, 6.45) is 0. The van der Waals surface area contributed by atoms with Gasteiger partial charge in [-0.1, -0.05) is 131 Å². The molecule has 0 fully saturated rings. The van der Waals surface area contributed by atoms with Crippen LogP contribution in [0, 0.1) is 0 Å². The van der Waals surface area contributed by atoms with Gasteiger partial charge in [0, 0.05) is 27.9 Å². The van der Waals surface area contributed by atoms with Crippen molar-refractivity contribution in [3.8, 4) is 33.4 Å². The minimum atomic E-state index is -0.0495. The number of nitrogens with zero attached hydrogens (tertiary/aromatic N) is 1. The van der Waals surface area contributed by atoms with E-state index >= 15 is 0 Å². The molecule has 0 radical (unpaired) electrons. The normalized spacial score (nSPS) is 14.9. The van der Waals surface area contributed by atoms with E-state index in [4.69, 9.17) is 0 Å². The summed E-state index contributed by atoms with van der Waals surface area (Å²) in [6.45, 7) is 9.42. The molecule has 0 atom stereocenters. The van der Waals surface area contributed by atoms with Crippen molar-refractivity contribution in [1.82, 2.24) is 0 Å². The maximum Gasteiger partial charge on any atom is 0.0465 e. The molecule has 0 aromatic heterocycles. The zero-order valence-electron chi connectivity index (χ0n) is 25.2. The van der Waals surface area contributed by atoms with Crippen molar-refractivity contribution < 1.29 is 0 Å². The van der Waals surface area contributed by atoms with E-state index in [1.165, 1.54) is 61.3 Å². The van der Waals surface area contributed by atoms with Crippen molar-refractivity contribution in [2.75, 3.05) is 4.90 Å². The molecular weight excluding hydrogens is 518 g/mol. The summed E-state index contributed by atoms with van der Waals surface area (Å²) in [6, 6.07) is 51.4. The maximum absolute atomic E-state index is 2.40. The van der Waals surface area contributed by atoms with Gasteiger partial charge in [-0.2, -0.15) is 0 Å². The van der Waals surface area contributed by atoms with Gasteiger partial charge in [-0.25, -0.2) is 0 Å². The Morgan fingerprint density at radius 2 is 0.884 bits per heavy atom. The lowest BCUT2D eigenvalue weighted by Gasteiger charge is -2.28. The van der Waals surface area contributed by atoms with Crippen LogP contribution in [0.25, 0.3) is 33.4 Å². The van der Waals surface area contributed by atoms with Gasteiger partial charge in [0.1, 0.15) is 0 Å². The second kappa shape index (κ2) is 9.31. The standard InChI is InChI=1S/C42H35N/c1-41(2)37-19-10-8-15-33(37)35-26-25-31(27-39(35)41)43(29-13-6-5-7-14-29)30-23-21-28(22-24-30)32-17-12-18-36-34-16-9-11-20-38(34)42(3,4)40(32)36/h5-27H,1-4H3. The second-order valence-corrected chi connectivity index (χ2v) is 13.0. The lowest BCUT2D eigenvalue weighted by molar-refractivity contribution is 0.660. The highest BCUT2D eigenvalue weighted by molar-refractivity contribution is 5.89. The Balaban J connectivity index is 1.23. The average Bonchev–Trinajstić information content (AvgIpc) is 3.42. The maximum atomic E-state index is 2.40. The summed E-state index contributed by atoms with van der Waals surface area (Å²) in [7, 11) is 0. The van der Waals surface area contributed by atoms with Crippen LogP contribution in [0.15, 0.2) is 140 Å². The smallest absolute Gasteiger partial charge is 0.0465 e. The van der Waals surface area contributed by atoms with Gasteiger partial charge in [0.2, 0.25) is 0 Å². The highest BCUT2D eigenvalue weighted by Crippen LogP contribution is 2.53. The van der Waals surface area contributed by atoms with E-state index in [1.807, 2.05) is 0 Å². The van der Waals surface area contributed by atoms with Crippen LogP contribution in [0.3, 0.4) is 0 Å². The van der Waals surface area contributed by atoms with Crippen molar-refractivity contribution in [1.29, 1.82) is 0 Å². The molecule has 0 bridgehead atoms. The molecule has 6 aromatic rings. The fourth-order valence-corrected chi connectivity index (χ4v) is 7.73. The van der Waals surface area contributed by atoms with Gasteiger partial charge in [-0.3, -0.25) is 0 Å². The third-order valence-corrected chi connectivity index (χ3v) is 9.86. The summed E-state index contributed by atoms with van der Waals surface area (Å²) >= 11 is 0. The lowest BCUT2D eigenvalue weighted by Crippen LogP contribution is -2.16. The molecule has 0 amide bonds. The van der Waals surface area contributed by atoms with Gasteiger partial charge in [0.05, 0.1) is 0 Å². The molecule has 0 unspecified atom stereocenters. The Labute approximate surface area is 255 Å². The minimum absolute atomic E-state index is 0.0494. The molecule has 8 rings (SSSR count). The fourth-order valence-electron chi connectivity index (χ4n) is 7.73. The van der Waals surface area contributed by atoms with Crippen molar-refractivity contribution >= 4 is 17.1 Å². The van der Waals surface area contributed by atoms with Crippen molar-refractivity contribution in [3.05, 3.63) is 162 Å². The molecule has 2 aliphatic rings. The molecule has 0 aliphatic heterocycles. The molecule has 208 valence electrons. The van der Waals surface area contributed by atoms with Crippen molar-refractivity contribution in [2.24, 2.45) is 0 Å². The second-order valence-electron chi connectivity index (χ2n) is 13.0. The number of rotatable bonds is 4. The van der Waals surface area contributed by atoms with Crippen LogP contribution in [-0.4, -0.2) is 0 Å². The molecule has 0 saturated heterocycles. The molecule has 1 nitrogen and oxygen atoms in total. The highest BCUT2D eigenvalue weighted by Gasteiger charge is 2.38. The molecule has 6 aromatic carbocycles. The number of hydrogen-bond acceptors (Lipinski definition) is 1. The number of anilines is 3. The molecule has 2 aliphatic carbocycles. The Bertz CT molecular complexity index is 2010. The van der Waals surface area contributed by atoms with Gasteiger partial charge >= 0.3 is 0 Å². The minimum Gasteiger partial charge on any atom is -0.310 e. The van der Waals surface area contributed by atoms with Gasteiger partial charge in [-0.05, 0) is 92.0 Å². The highest BCUT2D eigenvalue weighted by atomic mass is 15.1. The SMILES string of the molecule is CC1(C)c2ccccc2-c2ccc(N(c3ccccc3)c3ccc(-c4cccc5c4C(C)(C)c4ccccc4-5)cc3)cc21. The first-order chi connectivity index (χ1) is 20.9. The summed E-state index contributed by atoms with van der Waals surface area (Å²) < 4.78 is 0. The van der Waals surface area contributed by atoms with Crippen molar-refractivity contribution in [3.63, 3.8) is 0 Å². The Hall–Kier alpha value is -4.88. The number of hydrogen-bond donors (Lipinski definition) is 0. The zero-order chi connectivity index (χ0) is 29.3. The van der Waals surface area contributed by atoms with E-state index < -0.39 is 0 Å². The fraction of sp³-hybridized carbons (Fsp3) is 0.143. The van der Waals surface area contributed by atoms with Gasteiger partial charge < -0.3 is 4.90 Å². The first-order valence-electron chi connectivity index (χ1n) is 15.3. The monoisotopic (exact) mass is 553 g/mol. The Kier molecular flexibility index (Phi) is 5.59. The summed E-state index contributed by atoms with van der Waals surface area (Å²) in [4.78, 5) is 2.39. The number of fused-ring (bicyclic) bond motifs is 6. The average molecular weight is 554 g/mol. The van der Waals surface area contributed by atoms with Gasteiger partial charge in [0.25, 0.3) is 0 Å². The Morgan fingerprint density at radius 1 is 0.372 bits per heavy atom. The van der Waals surface area contributed by atoms with Crippen LogP contribution in [0.1, 0.15) is 49.9 Å². The third kappa shape index (κ3) is 3.78. The summed E-state index contributed by atoms with van der Waals surface area (Å²) in [5, 5.41) is 0. The topological polar surface area (TPSA) is 3.24 Å². The van der Waals surface area contributed by atoms with Crippen LogP contribution in [-0.2, 0) is 10.8 Å². The first kappa shape index (κ1) is 25.8. The van der Waals surface area contributed by atoms with Crippen LogP contribution >= 0.6 is 0 Å². The van der Waals surface area contributed by atoms with Crippen molar-refractivity contribution in [2.45, 2.75) is 38.5 Å². The molecular formula is C42H35N. The summed E-state index contributed by atoms with van der Waals surface area (Å²) in [5.74, 6) is 0. The number of benzene rings is 6. The largest absolute Gasteiger partial charge is 0.310 e. The number of para-hydroxylation sites is 1. The predicted octanol–water partition coefficient (Wildman–Crippen LogP) is 11.4. The Morgan fingerprint density at radius 3 is 1.60 bits per heavy atom. The first-order valence-corrected chi connectivity index (χ1v) is 15.3. The van der Waals surface area contributed by atoms with Gasteiger partial charge in [-0.15, -0.1) is 0 Å². The van der Waals surface area contributed by atoms with E-state index in [0.717, 1.165) is 11.4 Å². The quantitative estimate of drug-likeness (QED) is 0.210. The van der Waals surface area contributed by atoms with Crippen LogP contribution in [0.4, 0.5) is 17.1 Å². The summed E-state index contributed by atoms with van der Waals surface area (Å²) in [5.41, 5.74) is 17.0. The molecule has 43 heavy (non-hydrogen) atoms. The van der Waals surface area contributed by atoms with Gasteiger partial charge in [0.15, 0.2) is 0 Å².